The number of carbonyl (C=O) groups is 1. The van der Waals surface area contributed by atoms with Crippen molar-refractivity contribution in [3.63, 3.8) is 0 Å². The van der Waals surface area contributed by atoms with Gasteiger partial charge in [0.15, 0.2) is 11.5 Å². The SMILES string of the molecule is CCCCN(C=O)CCN(C)c1nc(N)c2cc(OC)c(OC)cc2n1.CCc1cccc(CC)c1O. The predicted molar refractivity (Wildman–Crippen MR) is 150 cm³/mol. The third kappa shape index (κ3) is 7.87. The number of hydrogen-bond acceptors (Lipinski definition) is 8. The van der Waals surface area contributed by atoms with Crippen molar-refractivity contribution in [2.24, 2.45) is 0 Å². The molecular weight excluding hydrogens is 470 g/mol. The molecule has 0 radical (unpaired) electrons. The third-order valence-electron chi connectivity index (χ3n) is 6.20. The van der Waals surface area contributed by atoms with Crippen LogP contribution in [0.5, 0.6) is 17.2 Å². The average Bonchev–Trinajstić information content (AvgIpc) is 2.92. The zero-order valence-electron chi connectivity index (χ0n) is 23.0. The highest BCUT2D eigenvalue weighted by Crippen LogP contribution is 2.34. The summed E-state index contributed by atoms with van der Waals surface area (Å²) in [6, 6.07) is 9.48. The maximum absolute atomic E-state index is 11.2. The molecule has 0 atom stereocenters. The van der Waals surface area contributed by atoms with Gasteiger partial charge >= 0.3 is 0 Å². The summed E-state index contributed by atoms with van der Waals surface area (Å²) in [5, 5.41) is 10.3. The minimum absolute atomic E-state index is 0.371. The molecule has 0 spiro atoms. The van der Waals surface area contributed by atoms with Crippen molar-refractivity contribution in [2.75, 3.05) is 51.5 Å². The lowest BCUT2D eigenvalue weighted by atomic mass is 10.1. The molecule has 9 nitrogen and oxygen atoms in total. The van der Waals surface area contributed by atoms with E-state index in [1.165, 1.54) is 0 Å². The van der Waals surface area contributed by atoms with Crippen LogP contribution in [-0.2, 0) is 17.6 Å². The summed E-state index contributed by atoms with van der Waals surface area (Å²) in [4.78, 5) is 23.8. The van der Waals surface area contributed by atoms with E-state index in [1.807, 2.05) is 30.1 Å². The van der Waals surface area contributed by atoms with Crippen molar-refractivity contribution in [2.45, 2.75) is 46.5 Å². The third-order valence-corrected chi connectivity index (χ3v) is 6.20. The summed E-state index contributed by atoms with van der Waals surface area (Å²) in [6.45, 7) is 8.17. The van der Waals surface area contributed by atoms with Gasteiger partial charge in [0.25, 0.3) is 0 Å². The molecule has 0 saturated heterocycles. The lowest BCUT2D eigenvalue weighted by Gasteiger charge is -2.23. The zero-order chi connectivity index (χ0) is 27.4. The van der Waals surface area contributed by atoms with Gasteiger partial charge in [-0.15, -0.1) is 0 Å². The van der Waals surface area contributed by atoms with E-state index in [0.29, 0.717) is 53.0 Å². The van der Waals surface area contributed by atoms with Crippen LogP contribution in [0, 0.1) is 0 Å². The molecule has 1 heterocycles. The van der Waals surface area contributed by atoms with Crippen LogP contribution >= 0.6 is 0 Å². The fraction of sp³-hybridized carbons (Fsp3) is 0.464. The number of benzene rings is 2. The highest BCUT2D eigenvalue weighted by Gasteiger charge is 2.14. The van der Waals surface area contributed by atoms with E-state index in [-0.39, 0.29) is 0 Å². The van der Waals surface area contributed by atoms with E-state index < -0.39 is 0 Å². The van der Waals surface area contributed by atoms with Gasteiger partial charge in [0.1, 0.15) is 11.6 Å². The Balaban J connectivity index is 0.000000364. The number of aromatic nitrogens is 2. The number of unbranched alkanes of at least 4 members (excludes halogenated alkanes) is 1. The van der Waals surface area contributed by atoms with Crippen molar-refractivity contribution in [3.05, 3.63) is 41.5 Å². The fourth-order valence-corrected chi connectivity index (χ4v) is 3.81. The molecule has 3 N–H and O–H groups in total. The highest BCUT2D eigenvalue weighted by molar-refractivity contribution is 5.91. The number of nitrogens with two attached hydrogens (primary N) is 1. The predicted octanol–water partition coefficient (Wildman–Crippen LogP) is 4.44. The second-order valence-corrected chi connectivity index (χ2v) is 8.68. The molecule has 0 unspecified atom stereocenters. The molecular formula is C28H41N5O4. The number of amides is 1. The van der Waals surface area contributed by atoms with Crippen molar-refractivity contribution < 1.29 is 19.4 Å². The minimum atomic E-state index is 0.371. The smallest absolute Gasteiger partial charge is 0.227 e. The maximum Gasteiger partial charge on any atom is 0.227 e. The number of methoxy groups -OCH3 is 2. The normalized spacial score (nSPS) is 10.4. The lowest BCUT2D eigenvalue weighted by Crippen LogP contribution is -2.33. The van der Waals surface area contributed by atoms with Gasteiger partial charge in [-0.1, -0.05) is 45.4 Å². The Kier molecular flexibility index (Phi) is 11.7. The summed E-state index contributed by atoms with van der Waals surface area (Å²) >= 11 is 0. The second-order valence-electron chi connectivity index (χ2n) is 8.68. The summed E-state index contributed by atoms with van der Waals surface area (Å²) in [7, 11) is 5.02. The van der Waals surface area contributed by atoms with Crippen molar-refractivity contribution in [1.82, 2.24) is 14.9 Å². The molecule has 3 rings (SSSR count). The molecule has 0 bridgehead atoms. The van der Waals surface area contributed by atoms with E-state index in [1.54, 1.807) is 31.3 Å². The number of fused-ring (bicyclic) bond motifs is 1. The van der Waals surface area contributed by atoms with E-state index >= 15 is 0 Å². The molecule has 2 aromatic carbocycles. The summed E-state index contributed by atoms with van der Waals surface area (Å²) in [6.07, 6.45) is 4.73. The molecule has 0 saturated carbocycles. The molecule has 202 valence electrons. The van der Waals surface area contributed by atoms with E-state index in [4.69, 9.17) is 15.2 Å². The first-order valence-electron chi connectivity index (χ1n) is 12.7. The number of carbonyl (C=O) groups excluding carboxylic acids is 1. The number of phenolic OH excluding ortho intramolecular Hbond substituents is 1. The Labute approximate surface area is 220 Å². The zero-order valence-corrected chi connectivity index (χ0v) is 23.0. The topological polar surface area (TPSA) is 114 Å². The number of likely N-dealkylation sites (N-methyl/N-ethyl adjacent to an activating group) is 1. The molecule has 37 heavy (non-hydrogen) atoms. The minimum Gasteiger partial charge on any atom is -0.507 e. The largest absolute Gasteiger partial charge is 0.507 e. The number of anilines is 2. The molecule has 0 aliphatic heterocycles. The van der Waals surface area contributed by atoms with Gasteiger partial charge in [-0.05, 0) is 36.5 Å². The number of hydrogen-bond donors (Lipinski definition) is 2. The van der Waals surface area contributed by atoms with Crippen LogP contribution in [0.4, 0.5) is 11.8 Å². The number of ether oxygens (including phenoxy) is 2. The summed E-state index contributed by atoms with van der Waals surface area (Å²) in [5.41, 5.74) is 8.88. The Hall–Kier alpha value is -3.75. The Bertz CT molecular complexity index is 1130. The van der Waals surface area contributed by atoms with Crippen LogP contribution in [-0.4, -0.2) is 67.3 Å². The molecule has 3 aromatic rings. The average molecular weight is 512 g/mol. The van der Waals surface area contributed by atoms with Crippen molar-refractivity contribution >= 4 is 29.1 Å². The standard InChI is InChI=1S/C18H27N5O3.C10H14O/c1-5-6-7-23(12-24)9-8-22(2)18-20-14-11-16(26-4)15(25-3)10-13(14)17(19)21-18;1-3-8-6-5-7-9(4-2)10(8)11/h10-12H,5-9H2,1-4H3,(H2,19,20,21);5-7,11H,3-4H2,1-2H3. The molecule has 0 aliphatic rings. The van der Waals surface area contributed by atoms with Crippen LogP contribution in [0.15, 0.2) is 30.3 Å². The number of aromatic hydroxyl groups is 1. The number of aryl methyl sites for hydroxylation is 2. The number of rotatable bonds is 12. The van der Waals surface area contributed by atoms with Gasteiger partial charge in [0.2, 0.25) is 12.4 Å². The first kappa shape index (κ1) is 29.5. The van der Waals surface area contributed by atoms with E-state index in [2.05, 4.69) is 30.7 Å². The van der Waals surface area contributed by atoms with Gasteiger partial charge in [0, 0.05) is 38.1 Å². The number of nitrogens with zero attached hydrogens (tertiary/aromatic N) is 4. The van der Waals surface area contributed by atoms with Crippen LogP contribution in [0.2, 0.25) is 0 Å². The number of phenols is 1. The highest BCUT2D eigenvalue weighted by atomic mass is 16.5. The monoisotopic (exact) mass is 511 g/mol. The maximum atomic E-state index is 11.2. The molecule has 1 aromatic heterocycles. The van der Waals surface area contributed by atoms with Crippen LogP contribution in [0.1, 0.15) is 44.7 Å². The van der Waals surface area contributed by atoms with Crippen molar-refractivity contribution in [3.8, 4) is 17.2 Å². The van der Waals surface area contributed by atoms with Gasteiger partial charge in [-0.25, -0.2) is 4.98 Å². The Morgan fingerprint density at radius 3 is 2.14 bits per heavy atom. The number of nitrogen functional groups attached to an aromatic ring is 1. The second kappa shape index (κ2) is 14.7. The molecule has 1 amide bonds. The van der Waals surface area contributed by atoms with Gasteiger partial charge in [-0.2, -0.15) is 4.98 Å². The molecule has 0 aliphatic carbocycles. The van der Waals surface area contributed by atoms with E-state index in [0.717, 1.165) is 49.8 Å². The summed E-state index contributed by atoms with van der Waals surface area (Å²) < 4.78 is 10.6. The quantitative estimate of drug-likeness (QED) is 0.343. The Morgan fingerprint density at radius 1 is 0.973 bits per heavy atom. The lowest BCUT2D eigenvalue weighted by molar-refractivity contribution is -0.118. The summed E-state index contributed by atoms with van der Waals surface area (Å²) in [5.74, 6) is 2.52. The van der Waals surface area contributed by atoms with Crippen molar-refractivity contribution in [1.29, 1.82) is 0 Å². The van der Waals surface area contributed by atoms with Gasteiger partial charge in [-0.3, -0.25) is 4.79 Å². The molecule has 0 fully saturated rings. The number of para-hydroxylation sites is 1. The van der Waals surface area contributed by atoms with E-state index in [9.17, 15) is 9.90 Å². The Morgan fingerprint density at radius 2 is 1.59 bits per heavy atom. The fourth-order valence-electron chi connectivity index (χ4n) is 3.81. The first-order chi connectivity index (χ1) is 17.8. The van der Waals surface area contributed by atoms with Gasteiger partial charge < -0.3 is 30.1 Å². The van der Waals surface area contributed by atoms with Crippen LogP contribution < -0.4 is 20.1 Å². The first-order valence-corrected chi connectivity index (χ1v) is 12.7. The molecule has 9 heteroatoms. The van der Waals surface area contributed by atoms with Crippen LogP contribution in [0.3, 0.4) is 0 Å². The van der Waals surface area contributed by atoms with Gasteiger partial charge in [0.05, 0.1) is 19.7 Å². The van der Waals surface area contributed by atoms with Crippen LogP contribution in [0.25, 0.3) is 10.9 Å².